The smallest absolute Gasteiger partial charge is 0.341 e. The Kier molecular flexibility index (Phi) is 7.64. The number of nitro benzene ring substituents is 1. The van der Waals surface area contributed by atoms with Gasteiger partial charge < -0.3 is 24.1 Å². The van der Waals surface area contributed by atoms with E-state index < -0.39 is 23.4 Å². The van der Waals surface area contributed by atoms with Crippen molar-refractivity contribution in [3.8, 4) is 11.3 Å². The van der Waals surface area contributed by atoms with Gasteiger partial charge in [-0.3, -0.25) is 14.9 Å². The normalized spacial score (nSPS) is 13.3. The lowest BCUT2D eigenvalue weighted by molar-refractivity contribution is -0.384. The Labute approximate surface area is 205 Å². The molecule has 10 nitrogen and oxygen atoms in total. The molecular weight excluding hydrogens is 478 g/mol. The molecule has 0 radical (unpaired) electrons. The minimum atomic E-state index is -0.826. The quantitative estimate of drug-likeness (QED) is 0.282. The van der Waals surface area contributed by atoms with Gasteiger partial charge in [0.1, 0.15) is 11.5 Å². The Morgan fingerprint density at radius 1 is 1.09 bits per heavy atom. The van der Waals surface area contributed by atoms with E-state index >= 15 is 0 Å². The van der Waals surface area contributed by atoms with Crippen LogP contribution in [0.5, 0.6) is 0 Å². The molecule has 0 aliphatic carbocycles. The van der Waals surface area contributed by atoms with Crippen LogP contribution in [0.1, 0.15) is 16.1 Å². The molecule has 1 aromatic heterocycles. The van der Waals surface area contributed by atoms with Crippen LogP contribution in [-0.4, -0.2) is 49.7 Å². The Balaban J connectivity index is 1.35. The summed E-state index contributed by atoms with van der Waals surface area (Å²) in [6, 6.07) is 14.7. The number of nitrogens with zero attached hydrogens (tertiary/aromatic N) is 2. The first-order valence-electron chi connectivity index (χ1n) is 10.8. The maximum atomic E-state index is 12.7. The minimum absolute atomic E-state index is 0.0209. The molecular formula is C24H22ClN3O7. The molecule has 182 valence electrons. The van der Waals surface area contributed by atoms with Crippen LogP contribution in [0.25, 0.3) is 11.3 Å². The number of halogens is 1. The zero-order valence-corrected chi connectivity index (χ0v) is 19.3. The van der Waals surface area contributed by atoms with Crippen molar-refractivity contribution in [3.05, 3.63) is 81.1 Å². The standard InChI is InChI=1S/C24H22ClN3O7/c25-17-3-1-16(2-4-17)22-8-6-19(35-22)14-26-23(29)15-34-24(30)20-13-18(28(31)32)5-7-21(20)27-9-11-33-12-10-27/h1-8,13H,9-12,14-15H2,(H,26,29). The number of rotatable bonds is 8. The molecule has 0 spiro atoms. The molecule has 0 atom stereocenters. The number of non-ortho nitro benzene ring substituents is 1. The van der Waals surface area contributed by atoms with Crippen LogP contribution in [0.4, 0.5) is 11.4 Å². The fourth-order valence-electron chi connectivity index (χ4n) is 3.57. The number of nitro groups is 1. The second kappa shape index (κ2) is 11.0. The van der Waals surface area contributed by atoms with Crippen molar-refractivity contribution in [1.82, 2.24) is 5.32 Å². The molecule has 2 aromatic carbocycles. The number of morpholine rings is 1. The Hall–Kier alpha value is -3.89. The molecule has 1 fully saturated rings. The summed E-state index contributed by atoms with van der Waals surface area (Å²) < 4.78 is 16.2. The van der Waals surface area contributed by atoms with Gasteiger partial charge in [0.2, 0.25) is 0 Å². The number of hydrogen-bond acceptors (Lipinski definition) is 8. The second-order valence-electron chi connectivity index (χ2n) is 7.68. The van der Waals surface area contributed by atoms with Crippen LogP contribution in [0.15, 0.2) is 59.0 Å². The van der Waals surface area contributed by atoms with Crippen molar-refractivity contribution in [2.24, 2.45) is 0 Å². The molecule has 0 bridgehead atoms. The van der Waals surface area contributed by atoms with E-state index in [0.717, 1.165) is 11.6 Å². The molecule has 1 N–H and O–H groups in total. The summed E-state index contributed by atoms with van der Waals surface area (Å²) in [6.07, 6.45) is 0. The number of hydrogen-bond donors (Lipinski definition) is 1. The summed E-state index contributed by atoms with van der Waals surface area (Å²) in [5, 5.41) is 14.4. The van der Waals surface area contributed by atoms with Gasteiger partial charge in [-0.05, 0) is 42.5 Å². The van der Waals surface area contributed by atoms with E-state index in [1.807, 2.05) is 17.0 Å². The lowest BCUT2D eigenvalue weighted by atomic mass is 10.1. The van der Waals surface area contributed by atoms with Crippen LogP contribution in [-0.2, 0) is 20.8 Å². The van der Waals surface area contributed by atoms with Gasteiger partial charge in [0.05, 0.1) is 35.9 Å². The van der Waals surface area contributed by atoms with E-state index in [4.69, 9.17) is 25.5 Å². The van der Waals surface area contributed by atoms with Gasteiger partial charge in [-0.25, -0.2) is 4.79 Å². The number of esters is 1. The highest BCUT2D eigenvalue weighted by Gasteiger charge is 2.23. The Morgan fingerprint density at radius 3 is 2.54 bits per heavy atom. The molecule has 0 saturated carbocycles. The first-order chi connectivity index (χ1) is 16.9. The lowest BCUT2D eigenvalue weighted by Gasteiger charge is -2.30. The minimum Gasteiger partial charge on any atom is -0.459 e. The average Bonchev–Trinajstić information content (AvgIpc) is 3.35. The van der Waals surface area contributed by atoms with Crippen LogP contribution in [0.2, 0.25) is 5.02 Å². The number of ether oxygens (including phenoxy) is 2. The molecule has 4 rings (SSSR count). The van der Waals surface area contributed by atoms with Gasteiger partial charge in [0, 0.05) is 35.8 Å². The number of carbonyl (C=O) groups excluding carboxylic acids is 2. The van der Waals surface area contributed by atoms with E-state index in [2.05, 4.69) is 5.32 Å². The molecule has 1 amide bonds. The van der Waals surface area contributed by atoms with Crippen molar-refractivity contribution < 1.29 is 28.4 Å². The molecule has 1 aliphatic rings. The average molecular weight is 500 g/mol. The van der Waals surface area contributed by atoms with Crippen LogP contribution in [0, 0.1) is 10.1 Å². The van der Waals surface area contributed by atoms with E-state index in [9.17, 15) is 19.7 Å². The predicted molar refractivity (Wildman–Crippen MR) is 127 cm³/mol. The van der Waals surface area contributed by atoms with Crippen molar-refractivity contribution in [2.75, 3.05) is 37.8 Å². The molecule has 2 heterocycles. The van der Waals surface area contributed by atoms with Crippen LogP contribution >= 0.6 is 11.6 Å². The Morgan fingerprint density at radius 2 is 1.83 bits per heavy atom. The van der Waals surface area contributed by atoms with E-state index in [0.29, 0.717) is 48.5 Å². The van der Waals surface area contributed by atoms with Crippen LogP contribution < -0.4 is 10.2 Å². The maximum Gasteiger partial charge on any atom is 0.341 e. The number of anilines is 1. The summed E-state index contributed by atoms with van der Waals surface area (Å²) in [5.74, 6) is -0.226. The van der Waals surface area contributed by atoms with Crippen LogP contribution in [0.3, 0.4) is 0 Å². The summed E-state index contributed by atoms with van der Waals surface area (Å²) in [5.41, 5.74) is 1.11. The molecule has 1 saturated heterocycles. The third-order valence-corrected chi connectivity index (χ3v) is 5.60. The molecule has 11 heteroatoms. The van der Waals surface area contributed by atoms with Gasteiger partial charge in [-0.15, -0.1) is 0 Å². The lowest BCUT2D eigenvalue weighted by Crippen LogP contribution is -2.37. The maximum absolute atomic E-state index is 12.7. The topological polar surface area (TPSA) is 124 Å². The molecule has 0 unspecified atom stereocenters. The summed E-state index contributed by atoms with van der Waals surface area (Å²) in [6.45, 7) is 1.55. The third-order valence-electron chi connectivity index (χ3n) is 5.35. The van der Waals surface area contributed by atoms with Crippen molar-refractivity contribution in [3.63, 3.8) is 0 Å². The van der Waals surface area contributed by atoms with Gasteiger partial charge in [-0.2, -0.15) is 0 Å². The molecule has 3 aromatic rings. The van der Waals surface area contributed by atoms with Crippen molar-refractivity contribution >= 4 is 34.9 Å². The van der Waals surface area contributed by atoms with Crippen molar-refractivity contribution in [2.45, 2.75) is 6.54 Å². The summed E-state index contributed by atoms with van der Waals surface area (Å²) >= 11 is 5.90. The van der Waals surface area contributed by atoms with Gasteiger partial charge >= 0.3 is 5.97 Å². The number of amides is 1. The molecule has 35 heavy (non-hydrogen) atoms. The zero-order chi connectivity index (χ0) is 24.8. The van der Waals surface area contributed by atoms with Gasteiger partial charge in [0.25, 0.3) is 11.6 Å². The van der Waals surface area contributed by atoms with Gasteiger partial charge in [0.15, 0.2) is 6.61 Å². The number of furan rings is 1. The fraction of sp³-hybridized carbons (Fsp3) is 0.250. The largest absolute Gasteiger partial charge is 0.459 e. The van der Waals surface area contributed by atoms with Gasteiger partial charge in [-0.1, -0.05) is 11.6 Å². The highest BCUT2D eigenvalue weighted by atomic mass is 35.5. The summed E-state index contributed by atoms with van der Waals surface area (Å²) in [7, 11) is 0. The van der Waals surface area contributed by atoms with E-state index in [-0.39, 0.29) is 17.8 Å². The Bertz CT molecular complexity index is 1220. The second-order valence-corrected chi connectivity index (χ2v) is 8.12. The monoisotopic (exact) mass is 499 g/mol. The highest BCUT2D eigenvalue weighted by molar-refractivity contribution is 6.30. The number of carbonyl (C=O) groups is 2. The predicted octanol–water partition coefficient (Wildman–Crippen LogP) is 3.82. The fourth-order valence-corrected chi connectivity index (χ4v) is 3.69. The molecule has 1 aliphatic heterocycles. The SMILES string of the molecule is O=C(COC(=O)c1cc([N+](=O)[O-])ccc1N1CCOCC1)NCc1ccc(-c2ccc(Cl)cc2)o1. The third kappa shape index (κ3) is 6.17. The highest BCUT2D eigenvalue weighted by Crippen LogP contribution is 2.27. The zero-order valence-electron chi connectivity index (χ0n) is 18.6. The van der Waals surface area contributed by atoms with Crippen molar-refractivity contribution in [1.29, 1.82) is 0 Å². The van der Waals surface area contributed by atoms with E-state index in [1.165, 1.54) is 12.1 Å². The first-order valence-corrected chi connectivity index (χ1v) is 11.2. The number of benzene rings is 2. The number of nitrogens with one attached hydrogen (secondary N) is 1. The summed E-state index contributed by atoms with van der Waals surface area (Å²) in [4.78, 5) is 37.5. The first kappa shape index (κ1) is 24.2. The van der Waals surface area contributed by atoms with E-state index in [1.54, 1.807) is 24.3 Å².